The monoisotopic (exact) mass is 491 g/mol. The molecule has 3 aromatic rings. The van der Waals surface area contributed by atoms with E-state index in [-0.39, 0.29) is 30.8 Å². The highest BCUT2D eigenvalue weighted by molar-refractivity contribution is 7.17. The van der Waals surface area contributed by atoms with Gasteiger partial charge >= 0.3 is 12.1 Å². The van der Waals surface area contributed by atoms with Crippen LogP contribution in [0, 0.1) is 12.8 Å². The molecule has 2 heterocycles. The average Bonchev–Trinajstić information content (AvgIpc) is 3.33. The van der Waals surface area contributed by atoms with E-state index in [9.17, 15) is 14.4 Å². The van der Waals surface area contributed by atoms with Crippen molar-refractivity contribution >= 4 is 34.4 Å². The first kappa shape index (κ1) is 23.0. The largest absolute Gasteiger partial charge is 0.481 e. The van der Waals surface area contributed by atoms with Crippen molar-refractivity contribution in [3.63, 3.8) is 0 Å². The lowest BCUT2D eigenvalue weighted by Gasteiger charge is -2.39. The number of likely N-dealkylation sites (tertiary alicyclic amines) is 1. The van der Waals surface area contributed by atoms with E-state index in [1.54, 1.807) is 11.8 Å². The molecule has 2 amide bonds. The molecule has 1 aromatic heterocycles. The SMILES string of the molecule is Cc1nc(NC(=O)OCC2c3ccccc3-c3ccccc32)sc1C(=O)N1CC(CCC(=O)O)C1. The topological polar surface area (TPSA) is 109 Å². The summed E-state index contributed by atoms with van der Waals surface area (Å²) in [6.07, 6.45) is 0.0628. The highest BCUT2D eigenvalue weighted by Crippen LogP contribution is 2.44. The van der Waals surface area contributed by atoms with Gasteiger partial charge in [-0.25, -0.2) is 9.78 Å². The van der Waals surface area contributed by atoms with Crippen LogP contribution in [0.15, 0.2) is 48.5 Å². The summed E-state index contributed by atoms with van der Waals surface area (Å²) in [5, 5.41) is 11.8. The molecular weight excluding hydrogens is 466 g/mol. The quantitative estimate of drug-likeness (QED) is 0.494. The van der Waals surface area contributed by atoms with Gasteiger partial charge in [-0.15, -0.1) is 0 Å². The number of hydrogen-bond acceptors (Lipinski definition) is 6. The normalized spacial score (nSPS) is 14.7. The molecule has 0 unspecified atom stereocenters. The van der Waals surface area contributed by atoms with E-state index in [4.69, 9.17) is 9.84 Å². The number of thiazole rings is 1. The minimum atomic E-state index is -0.822. The number of anilines is 1. The molecule has 1 aliphatic carbocycles. The number of amides is 2. The average molecular weight is 492 g/mol. The third kappa shape index (κ3) is 4.64. The lowest BCUT2D eigenvalue weighted by atomic mass is 9.94. The molecule has 0 bridgehead atoms. The van der Waals surface area contributed by atoms with E-state index in [1.165, 1.54) is 0 Å². The fraction of sp³-hybridized carbons (Fsp3) is 0.308. The van der Waals surface area contributed by atoms with E-state index in [2.05, 4.69) is 34.6 Å². The Morgan fingerprint density at radius 1 is 1.09 bits per heavy atom. The second-order valence-electron chi connectivity index (χ2n) is 8.89. The van der Waals surface area contributed by atoms with Gasteiger partial charge in [-0.3, -0.25) is 14.9 Å². The lowest BCUT2D eigenvalue weighted by Crippen LogP contribution is -2.50. The Kier molecular flexibility index (Phi) is 6.25. The van der Waals surface area contributed by atoms with Crippen molar-refractivity contribution in [2.24, 2.45) is 5.92 Å². The summed E-state index contributed by atoms with van der Waals surface area (Å²) in [7, 11) is 0. The molecule has 9 heteroatoms. The van der Waals surface area contributed by atoms with Crippen LogP contribution >= 0.6 is 11.3 Å². The number of fused-ring (bicyclic) bond motifs is 3. The number of carbonyl (C=O) groups excluding carboxylic acids is 2. The van der Waals surface area contributed by atoms with Crippen LogP contribution in [0.5, 0.6) is 0 Å². The number of benzene rings is 2. The van der Waals surface area contributed by atoms with Crippen LogP contribution in [-0.2, 0) is 9.53 Å². The second kappa shape index (κ2) is 9.50. The molecule has 1 aliphatic heterocycles. The first-order valence-corrected chi connectivity index (χ1v) is 12.3. The smallest absolute Gasteiger partial charge is 0.413 e. The maximum atomic E-state index is 12.8. The Balaban J connectivity index is 1.18. The van der Waals surface area contributed by atoms with Crippen molar-refractivity contribution < 1.29 is 24.2 Å². The third-order valence-corrected chi connectivity index (χ3v) is 7.62. The van der Waals surface area contributed by atoms with Gasteiger partial charge in [-0.1, -0.05) is 59.9 Å². The van der Waals surface area contributed by atoms with Crippen LogP contribution in [-0.4, -0.2) is 52.7 Å². The summed E-state index contributed by atoms with van der Waals surface area (Å²) in [4.78, 5) is 42.5. The number of aryl methyl sites for hydroxylation is 1. The zero-order valence-electron chi connectivity index (χ0n) is 19.2. The third-order valence-electron chi connectivity index (χ3n) is 6.55. The zero-order valence-corrected chi connectivity index (χ0v) is 20.0. The molecule has 0 atom stereocenters. The number of carbonyl (C=O) groups is 3. The number of ether oxygens (including phenoxy) is 1. The fourth-order valence-electron chi connectivity index (χ4n) is 4.76. The van der Waals surface area contributed by atoms with Crippen LogP contribution in [0.25, 0.3) is 11.1 Å². The molecule has 2 aromatic carbocycles. The van der Waals surface area contributed by atoms with E-state index < -0.39 is 12.1 Å². The van der Waals surface area contributed by atoms with Crippen molar-refractivity contribution in [1.82, 2.24) is 9.88 Å². The van der Waals surface area contributed by atoms with E-state index in [0.29, 0.717) is 35.2 Å². The van der Waals surface area contributed by atoms with Gasteiger partial charge in [-0.2, -0.15) is 0 Å². The molecule has 1 saturated heterocycles. The van der Waals surface area contributed by atoms with Gasteiger partial charge in [0.05, 0.1) is 5.69 Å². The molecule has 2 aliphatic rings. The number of carboxylic acids is 1. The van der Waals surface area contributed by atoms with Crippen LogP contribution in [0.1, 0.15) is 45.3 Å². The van der Waals surface area contributed by atoms with Crippen LogP contribution in [0.4, 0.5) is 9.93 Å². The highest BCUT2D eigenvalue weighted by Gasteiger charge is 2.33. The Hall–Kier alpha value is -3.72. The zero-order chi connectivity index (χ0) is 24.5. The maximum absolute atomic E-state index is 12.8. The summed E-state index contributed by atoms with van der Waals surface area (Å²) in [6.45, 7) is 3.01. The van der Waals surface area contributed by atoms with E-state index >= 15 is 0 Å². The summed E-state index contributed by atoms with van der Waals surface area (Å²) in [5.74, 6) is -0.797. The minimum Gasteiger partial charge on any atom is -0.481 e. The molecule has 35 heavy (non-hydrogen) atoms. The van der Waals surface area contributed by atoms with Crippen molar-refractivity contribution in [2.45, 2.75) is 25.7 Å². The number of nitrogens with one attached hydrogen (secondary N) is 1. The Morgan fingerprint density at radius 3 is 2.34 bits per heavy atom. The molecular formula is C26H25N3O5S. The molecule has 5 rings (SSSR count). The minimum absolute atomic E-state index is 0.0381. The number of hydrogen-bond donors (Lipinski definition) is 2. The summed E-state index contributed by atoms with van der Waals surface area (Å²) < 4.78 is 5.57. The molecule has 0 radical (unpaired) electrons. The van der Waals surface area contributed by atoms with Crippen molar-refractivity contribution in [3.8, 4) is 11.1 Å². The van der Waals surface area contributed by atoms with Crippen LogP contribution < -0.4 is 5.32 Å². The molecule has 8 nitrogen and oxygen atoms in total. The predicted molar refractivity (Wildman–Crippen MR) is 132 cm³/mol. The first-order chi connectivity index (χ1) is 16.9. The molecule has 0 spiro atoms. The van der Waals surface area contributed by atoms with E-state index in [1.807, 2.05) is 24.3 Å². The maximum Gasteiger partial charge on any atom is 0.413 e. The Morgan fingerprint density at radius 2 is 1.71 bits per heavy atom. The van der Waals surface area contributed by atoms with Crippen LogP contribution in [0.2, 0.25) is 0 Å². The Labute approximate surface area is 206 Å². The number of aromatic nitrogens is 1. The van der Waals surface area contributed by atoms with Crippen molar-refractivity contribution in [1.29, 1.82) is 0 Å². The van der Waals surface area contributed by atoms with Crippen LogP contribution in [0.3, 0.4) is 0 Å². The number of aliphatic carboxylic acids is 1. The van der Waals surface area contributed by atoms with Gasteiger partial charge in [0.1, 0.15) is 11.5 Å². The molecule has 180 valence electrons. The van der Waals surface area contributed by atoms with E-state index in [0.717, 1.165) is 33.6 Å². The number of nitrogens with zero attached hydrogens (tertiary/aromatic N) is 2. The fourth-order valence-corrected chi connectivity index (χ4v) is 5.68. The number of carboxylic acid groups (broad SMARTS) is 1. The second-order valence-corrected chi connectivity index (χ2v) is 9.89. The van der Waals surface area contributed by atoms with Gasteiger partial charge in [-0.05, 0) is 41.5 Å². The highest BCUT2D eigenvalue weighted by atomic mass is 32.1. The van der Waals surface area contributed by atoms with Gasteiger partial charge in [0.25, 0.3) is 5.91 Å². The Bertz CT molecular complexity index is 1250. The molecule has 2 N–H and O–H groups in total. The molecule has 1 fully saturated rings. The lowest BCUT2D eigenvalue weighted by molar-refractivity contribution is -0.137. The van der Waals surface area contributed by atoms with Gasteiger partial charge < -0.3 is 14.7 Å². The van der Waals surface area contributed by atoms with Gasteiger partial charge in [0.2, 0.25) is 0 Å². The first-order valence-electron chi connectivity index (χ1n) is 11.5. The van der Waals surface area contributed by atoms with Gasteiger partial charge in [0, 0.05) is 25.4 Å². The van der Waals surface area contributed by atoms with Crippen molar-refractivity contribution in [2.75, 3.05) is 25.0 Å². The number of rotatable bonds is 7. The van der Waals surface area contributed by atoms with Crippen molar-refractivity contribution in [3.05, 3.63) is 70.2 Å². The molecule has 0 saturated carbocycles. The predicted octanol–water partition coefficient (Wildman–Crippen LogP) is 4.75. The summed E-state index contributed by atoms with van der Waals surface area (Å²) >= 11 is 1.12. The summed E-state index contributed by atoms with van der Waals surface area (Å²) in [5.41, 5.74) is 5.13. The standard InChI is InChI=1S/C26H25N3O5S/c1-15-23(24(32)29-12-16(13-29)10-11-22(30)31)35-25(27-15)28-26(33)34-14-21-19-8-4-2-6-17(19)18-7-3-5-9-20(18)21/h2-9,16,21H,10-14H2,1H3,(H,30,31)(H,27,28,33). The van der Waals surface area contributed by atoms with Gasteiger partial charge in [0.15, 0.2) is 5.13 Å². The summed E-state index contributed by atoms with van der Waals surface area (Å²) in [6, 6.07) is 16.3.